The van der Waals surface area contributed by atoms with Crippen molar-refractivity contribution >= 4 is 45.9 Å². The third-order valence-electron chi connectivity index (χ3n) is 5.73. The fourth-order valence-electron chi connectivity index (χ4n) is 3.66. The summed E-state index contributed by atoms with van der Waals surface area (Å²) in [6.07, 6.45) is 0.973. The second-order valence-corrected chi connectivity index (χ2v) is 9.36. The van der Waals surface area contributed by atoms with Crippen molar-refractivity contribution in [2.45, 2.75) is 51.4 Å². The van der Waals surface area contributed by atoms with E-state index < -0.39 is 0 Å². The van der Waals surface area contributed by atoms with E-state index in [4.69, 9.17) is 0 Å². The first-order valence-corrected chi connectivity index (χ1v) is 12.5. The highest BCUT2D eigenvalue weighted by Crippen LogP contribution is 2.22. The van der Waals surface area contributed by atoms with E-state index in [1.54, 1.807) is 16.5 Å². The van der Waals surface area contributed by atoms with Gasteiger partial charge in [0.25, 0.3) is 5.56 Å². The van der Waals surface area contributed by atoms with E-state index in [1.807, 2.05) is 57.2 Å². The number of carbonyl (C=O) groups is 2. The van der Waals surface area contributed by atoms with Crippen molar-refractivity contribution in [3.63, 3.8) is 0 Å². The molecule has 0 fully saturated rings. The molecule has 9 nitrogen and oxygen atoms in total. The summed E-state index contributed by atoms with van der Waals surface area (Å²) in [7, 11) is 0. The summed E-state index contributed by atoms with van der Waals surface area (Å²) in [5.74, 6) is 0.167. The molecule has 0 saturated heterocycles. The van der Waals surface area contributed by atoms with Crippen LogP contribution in [0.3, 0.4) is 0 Å². The van der Waals surface area contributed by atoms with Gasteiger partial charge in [-0.1, -0.05) is 48.5 Å². The first-order valence-electron chi connectivity index (χ1n) is 11.5. The summed E-state index contributed by atoms with van der Waals surface area (Å²) >= 11 is 1.23. The largest absolute Gasteiger partial charge is 0.354 e. The molecule has 0 aliphatic carbocycles. The van der Waals surface area contributed by atoms with Crippen molar-refractivity contribution in [3.05, 3.63) is 64.4 Å². The van der Waals surface area contributed by atoms with Crippen LogP contribution in [0.2, 0.25) is 0 Å². The lowest BCUT2D eigenvalue weighted by atomic mass is 10.2. The van der Waals surface area contributed by atoms with E-state index >= 15 is 0 Å². The number of hydrogen-bond donors (Lipinski definition) is 2. The Labute approximate surface area is 206 Å². The van der Waals surface area contributed by atoms with Gasteiger partial charge in [-0.05, 0) is 44.5 Å². The van der Waals surface area contributed by atoms with Gasteiger partial charge in [-0.3, -0.25) is 23.4 Å². The molecule has 0 unspecified atom stereocenters. The van der Waals surface area contributed by atoms with Crippen LogP contribution in [0.5, 0.6) is 0 Å². The number of anilines is 1. The average molecular weight is 493 g/mol. The maximum absolute atomic E-state index is 13.2. The number of carbonyl (C=O) groups excluding carboxylic acids is 2. The minimum atomic E-state index is -0.231. The number of nitrogens with one attached hydrogen (secondary N) is 2. The van der Waals surface area contributed by atoms with Gasteiger partial charge in [-0.15, -0.1) is 10.2 Å². The van der Waals surface area contributed by atoms with E-state index in [9.17, 15) is 14.4 Å². The molecule has 0 saturated carbocycles. The molecule has 2 amide bonds. The molecular formula is C25H28N6O3S. The molecule has 2 N–H and O–H groups in total. The van der Waals surface area contributed by atoms with Gasteiger partial charge in [0.2, 0.25) is 17.6 Å². The normalized spacial score (nSPS) is 12.1. The molecule has 0 aliphatic heterocycles. The maximum Gasteiger partial charge on any atom is 0.262 e. The first kappa shape index (κ1) is 24.5. The second kappa shape index (κ2) is 10.7. The fraction of sp³-hybridized carbons (Fsp3) is 0.320. The third-order valence-corrected chi connectivity index (χ3v) is 6.66. The van der Waals surface area contributed by atoms with Crippen molar-refractivity contribution in [3.8, 4) is 0 Å². The van der Waals surface area contributed by atoms with Crippen molar-refractivity contribution < 1.29 is 9.59 Å². The molecule has 2 aromatic carbocycles. The molecule has 0 bridgehead atoms. The quantitative estimate of drug-likeness (QED) is 0.347. The molecule has 10 heteroatoms. The number of aromatic nitrogens is 4. The average Bonchev–Trinajstić information content (AvgIpc) is 3.28. The predicted molar refractivity (Wildman–Crippen MR) is 138 cm³/mol. The smallest absolute Gasteiger partial charge is 0.262 e. The molecule has 4 aromatic rings. The molecule has 4 rings (SSSR count). The number of nitrogens with zero attached hydrogens (tertiary/aromatic N) is 4. The molecule has 182 valence electrons. The fourth-order valence-corrected chi connectivity index (χ4v) is 4.40. The Morgan fingerprint density at radius 2 is 1.80 bits per heavy atom. The zero-order chi connectivity index (χ0) is 24.9. The lowest BCUT2D eigenvalue weighted by Crippen LogP contribution is -2.33. The number of para-hydroxylation sites is 1. The summed E-state index contributed by atoms with van der Waals surface area (Å²) in [5, 5.41) is 15.3. The van der Waals surface area contributed by atoms with Gasteiger partial charge in [0, 0.05) is 24.7 Å². The highest BCUT2D eigenvalue weighted by atomic mass is 32.2. The second-order valence-electron chi connectivity index (χ2n) is 8.42. The van der Waals surface area contributed by atoms with Gasteiger partial charge in [0.15, 0.2) is 5.16 Å². The standard InChI is InChI=1S/C25H28N6O3S/c1-4-17(3)26-21(32)13-14-30-23(34)19-7-5-6-8-20(19)31-24(30)28-29-25(31)35-15-22(33)27-18-11-9-16(2)10-12-18/h5-12,17H,4,13-15H2,1-3H3,(H,26,32)(H,27,33)/t17-/m0/s1. The maximum atomic E-state index is 13.2. The number of aryl methyl sites for hydroxylation is 2. The van der Waals surface area contributed by atoms with Crippen LogP contribution in [0.1, 0.15) is 32.3 Å². The summed E-state index contributed by atoms with van der Waals surface area (Å²) in [6, 6.07) is 14.8. The Kier molecular flexibility index (Phi) is 7.50. The van der Waals surface area contributed by atoms with E-state index in [1.165, 1.54) is 16.3 Å². The third kappa shape index (κ3) is 5.54. The van der Waals surface area contributed by atoms with Gasteiger partial charge in [0.1, 0.15) is 0 Å². The van der Waals surface area contributed by atoms with Gasteiger partial charge in [-0.2, -0.15) is 0 Å². The van der Waals surface area contributed by atoms with E-state index in [-0.39, 0.29) is 42.1 Å². The molecule has 0 aliphatic rings. The summed E-state index contributed by atoms with van der Waals surface area (Å²) in [4.78, 5) is 38.1. The van der Waals surface area contributed by atoms with Crippen LogP contribution >= 0.6 is 11.8 Å². The van der Waals surface area contributed by atoms with Crippen LogP contribution in [0.15, 0.2) is 58.5 Å². The van der Waals surface area contributed by atoms with Crippen LogP contribution in [-0.4, -0.2) is 42.8 Å². The highest BCUT2D eigenvalue weighted by molar-refractivity contribution is 7.99. The predicted octanol–water partition coefficient (Wildman–Crippen LogP) is 3.39. The number of hydrogen-bond acceptors (Lipinski definition) is 6. The summed E-state index contributed by atoms with van der Waals surface area (Å²) < 4.78 is 3.25. The van der Waals surface area contributed by atoms with E-state index in [0.29, 0.717) is 21.8 Å². The van der Waals surface area contributed by atoms with Crippen molar-refractivity contribution in [2.75, 3.05) is 11.1 Å². The number of rotatable bonds is 9. The molecule has 1 atom stereocenters. The van der Waals surface area contributed by atoms with Gasteiger partial charge >= 0.3 is 0 Å². The number of amides is 2. The molecule has 2 aromatic heterocycles. The topological polar surface area (TPSA) is 110 Å². The molecular weight excluding hydrogens is 464 g/mol. The number of fused-ring (bicyclic) bond motifs is 3. The SMILES string of the molecule is CC[C@H](C)NC(=O)CCn1c(=O)c2ccccc2n2c(SCC(=O)Nc3ccc(C)cc3)nnc12. The van der Waals surface area contributed by atoms with Crippen molar-refractivity contribution in [1.29, 1.82) is 0 Å². The van der Waals surface area contributed by atoms with Crippen LogP contribution in [0.4, 0.5) is 5.69 Å². The lowest BCUT2D eigenvalue weighted by molar-refractivity contribution is -0.122. The zero-order valence-electron chi connectivity index (χ0n) is 19.9. The Morgan fingerprint density at radius 1 is 1.06 bits per heavy atom. The molecule has 2 heterocycles. The van der Waals surface area contributed by atoms with Crippen LogP contribution in [-0.2, 0) is 16.1 Å². The van der Waals surface area contributed by atoms with Crippen LogP contribution in [0, 0.1) is 6.92 Å². The van der Waals surface area contributed by atoms with Crippen LogP contribution in [0.25, 0.3) is 16.7 Å². The Morgan fingerprint density at radius 3 is 2.54 bits per heavy atom. The molecule has 35 heavy (non-hydrogen) atoms. The first-order chi connectivity index (χ1) is 16.9. The van der Waals surface area contributed by atoms with E-state index in [2.05, 4.69) is 20.8 Å². The zero-order valence-corrected chi connectivity index (χ0v) is 20.8. The van der Waals surface area contributed by atoms with Crippen molar-refractivity contribution in [1.82, 2.24) is 24.5 Å². The minimum absolute atomic E-state index is 0.0676. The molecule has 0 spiro atoms. The van der Waals surface area contributed by atoms with Gasteiger partial charge in [0.05, 0.1) is 16.7 Å². The highest BCUT2D eigenvalue weighted by Gasteiger charge is 2.18. The lowest BCUT2D eigenvalue weighted by Gasteiger charge is -2.13. The summed E-state index contributed by atoms with van der Waals surface area (Å²) in [6.45, 7) is 6.10. The number of benzene rings is 2. The Bertz CT molecular complexity index is 1430. The van der Waals surface area contributed by atoms with Gasteiger partial charge in [-0.25, -0.2) is 0 Å². The summed E-state index contributed by atoms with van der Waals surface area (Å²) in [5.41, 5.74) is 2.26. The Balaban J connectivity index is 1.60. The van der Waals surface area contributed by atoms with Crippen LogP contribution < -0.4 is 16.2 Å². The minimum Gasteiger partial charge on any atom is -0.354 e. The van der Waals surface area contributed by atoms with E-state index in [0.717, 1.165) is 17.7 Å². The monoisotopic (exact) mass is 492 g/mol. The van der Waals surface area contributed by atoms with Gasteiger partial charge < -0.3 is 10.6 Å². The molecule has 0 radical (unpaired) electrons. The number of thioether (sulfide) groups is 1. The Hall–Kier alpha value is -3.66. The van der Waals surface area contributed by atoms with Crippen molar-refractivity contribution in [2.24, 2.45) is 0 Å².